The highest BCUT2D eigenvalue weighted by molar-refractivity contribution is 9.10. The SMILES string of the molecule is O=C(CCn1cc(Br)cn1)NCC1CC2(CCNCC2)C(=O)O1. The van der Waals surface area contributed by atoms with Crippen molar-refractivity contribution in [2.75, 3.05) is 19.6 Å². The molecule has 1 aromatic heterocycles. The zero-order chi connectivity index (χ0) is 16.3. The number of halogens is 1. The van der Waals surface area contributed by atoms with Crippen LogP contribution in [0.5, 0.6) is 0 Å². The first-order chi connectivity index (χ1) is 11.1. The van der Waals surface area contributed by atoms with Gasteiger partial charge in [-0.25, -0.2) is 0 Å². The van der Waals surface area contributed by atoms with Gasteiger partial charge in [0.15, 0.2) is 0 Å². The third kappa shape index (κ3) is 3.92. The molecule has 3 heterocycles. The Balaban J connectivity index is 1.42. The molecule has 0 bridgehead atoms. The molecule has 0 radical (unpaired) electrons. The van der Waals surface area contributed by atoms with E-state index in [-0.39, 0.29) is 23.4 Å². The fourth-order valence-electron chi connectivity index (χ4n) is 3.26. The van der Waals surface area contributed by atoms with Crippen molar-refractivity contribution in [1.29, 1.82) is 0 Å². The Morgan fingerprint density at radius 3 is 3.00 bits per heavy atom. The molecule has 7 nitrogen and oxygen atoms in total. The number of aromatic nitrogens is 2. The van der Waals surface area contributed by atoms with Gasteiger partial charge in [-0.1, -0.05) is 0 Å². The van der Waals surface area contributed by atoms with Gasteiger partial charge in [0.2, 0.25) is 5.91 Å². The zero-order valence-electron chi connectivity index (χ0n) is 12.9. The molecule has 0 saturated carbocycles. The fraction of sp³-hybridized carbons (Fsp3) is 0.667. The van der Waals surface area contributed by atoms with E-state index in [4.69, 9.17) is 4.74 Å². The van der Waals surface area contributed by atoms with Crippen LogP contribution in [-0.2, 0) is 20.9 Å². The number of amides is 1. The average molecular weight is 385 g/mol. The number of cyclic esters (lactones) is 1. The number of carbonyl (C=O) groups is 2. The van der Waals surface area contributed by atoms with Gasteiger partial charge in [0.1, 0.15) is 6.10 Å². The summed E-state index contributed by atoms with van der Waals surface area (Å²) in [5.41, 5.74) is -0.331. The van der Waals surface area contributed by atoms with E-state index in [9.17, 15) is 9.59 Å². The summed E-state index contributed by atoms with van der Waals surface area (Å²) < 4.78 is 8.07. The number of hydrogen-bond acceptors (Lipinski definition) is 5. The molecule has 3 rings (SSSR count). The van der Waals surface area contributed by atoms with Crippen molar-refractivity contribution in [3.63, 3.8) is 0 Å². The van der Waals surface area contributed by atoms with E-state index in [0.717, 1.165) is 30.4 Å². The molecule has 2 saturated heterocycles. The molecule has 126 valence electrons. The molecule has 1 aromatic rings. The Morgan fingerprint density at radius 1 is 1.52 bits per heavy atom. The highest BCUT2D eigenvalue weighted by Gasteiger charge is 2.49. The lowest BCUT2D eigenvalue weighted by Gasteiger charge is -2.29. The van der Waals surface area contributed by atoms with Crippen LogP contribution < -0.4 is 10.6 Å². The third-order valence-corrected chi connectivity index (χ3v) is 4.99. The van der Waals surface area contributed by atoms with Crippen LogP contribution in [0.3, 0.4) is 0 Å². The number of carbonyl (C=O) groups excluding carboxylic acids is 2. The topological polar surface area (TPSA) is 85.3 Å². The van der Waals surface area contributed by atoms with Crippen molar-refractivity contribution in [3.8, 4) is 0 Å². The smallest absolute Gasteiger partial charge is 0.312 e. The highest BCUT2D eigenvalue weighted by Crippen LogP contribution is 2.41. The molecule has 1 amide bonds. The quantitative estimate of drug-likeness (QED) is 0.734. The summed E-state index contributed by atoms with van der Waals surface area (Å²) >= 11 is 3.32. The number of esters is 1. The minimum atomic E-state index is -0.331. The second-order valence-corrected chi connectivity index (χ2v) is 7.15. The number of nitrogens with zero attached hydrogens (tertiary/aromatic N) is 2. The summed E-state index contributed by atoms with van der Waals surface area (Å²) in [6, 6.07) is 0. The van der Waals surface area contributed by atoms with E-state index in [1.807, 2.05) is 6.20 Å². The van der Waals surface area contributed by atoms with E-state index in [1.54, 1.807) is 10.9 Å². The van der Waals surface area contributed by atoms with E-state index < -0.39 is 0 Å². The first-order valence-corrected chi connectivity index (χ1v) is 8.73. The molecule has 2 aliphatic heterocycles. The van der Waals surface area contributed by atoms with Crippen LogP contribution >= 0.6 is 15.9 Å². The first kappa shape index (κ1) is 16.4. The Labute approximate surface area is 143 Å². The lowest BCUT2D eigenvalue weighted by Crippen LogP contribution is -2.39. The minimum absolute atomic E-state index is 0.0565. The van der Waals surface area contributed by atoms with Gasteiger partial charge in [-0.05, 0) is 41.9 Å². The van der Waals surface area contributed by atoms with Gasteiger partial charge in [-0.2, -0.15) is 5.10 Å². The Kier molecular flexibility index (Phi) is 5.01. The zero-order valence-corrected chi connectivity index (χ0v) is 14.5. The van der Waals surface area contributed by atoms with Crippen molar-refractivity contribution < 1.29 is 14.3 Å². The van der Waals surface area contributed by atoms with Gasteiger partial charge in [0, 0.05) is 25.6 Å². The van der Waals surface area contributed by atoms with Crippen molar-refractivity contribution in [2.24, 2.45) is 5.41 Å². The second-order valence-electron chi connectivity index (χ2n) is 6.24. The molecule has 1 spiro atoms. The lowest BCUT2D eigenvalue weighted by molar-refractivity contribution is -0.150. The molecule has 0 aliphatic carbocycles. The van der Waals surface area contributed by atoms with Crippen molar-refractivity contribution >= 4 is 27.8 Å². The highest BCUT2D eigenvalue weighted by atomic mass is 79.9. The summed E-state index contributed by atoms with van der Waals surface area (Å²) in [5.74, 6) is -0.154. The summed E-state index contributed by atoms with van der Waals surface area (Å²) in [6.07, 6.45) is 6.02. The monoisotopic (exact) mass is 384 g/mol. The molecule has 8 heteroatoms. The molecule has 2 N–H and O–H groups in total. The molecular formula is C15H21BrN4O3. The number of rotatable bonds is 5. The van der Waals surface area contributed by atoms with Crippen LogP contribution in [0.15, 0.2) is 16.9 Å². The predicted octanol–water partition coefficient (Wildman–Crippen LogP) is 0.837. The number of piperidine rings is 1. The summed E-state index contributed by atoms with van der Waals surface area (Å²) in [7, 11) is 0. The van der Waals surface area contributed by atoms with Gasteiger partial charge in [-0.3, -0.25) is 14.3 Å². The average Bonchev–Trinajstić information content (AvgIpc) is 3.08. The standard InChI is InChI=1S/C15H21BrN4O3/c16-11-8-19-20(10-11)6-1-13(21)18-9-12-7-15(14(22)23-12)2-4-17-5-3-15/h8,10,12,17H,1-7,9H2,(H,18,21). The van der Waals surface area contributed by atoms with E-state index in [0.29, 0.717) is 25.9 Å². The molecule has 2 fully saturated rings. The van der Waals surface area contributed by atoms with Gasteiger partial charge >= 0.3 is 5.97 Å². The molecule has 1 atom stereocenters. The lowest BCUT2D eigenvalue weighted by atomic mass is 9.76. The Morgan fingerprint density at radius 2 is 2.30 bits per heavy atom. The van der Waals surface area contributed by atoms with Crippen molar-refractivity contribution in [1.82, 2.24) is 20.4 Å². The summed E-state index contributed by atoms with van der Waals surface area (Å²) in [6.45, 7) is 2.63. The fourth-order valence-corrected chi connectivity index (χ4v) is 3.59. The van der Waals surface area contributed by atoms with Crippen LogP contribution in [0.25, 0.3) is 0 Å². The Hall–Kier alpha value is -1.41. The number of hydrogen-bond donors (Lipinski definition) is 2. The van der Waals surface area contributed by atoms with Crippen LogP contribution in [0.1, 0.15) is 25.7 Å². The molecule has 0 aromatic carbocycles. The molecule has 2 aliphatic rings. The van der Waals surface area contributed by atoms with Gasteiger partial charge < -0.3 is 15.4 Å². The van der Waals surface area contributed by atoms with Crippen molar-refractivity contribution in [3.05, 3.63) is 16.9 Å². The molecule has 1 unspecified atom stereocenters. The molecule has 23 heavy (non-hydrogen) atoms. The number of ether oxygens (including phenoxy) is 1. The normalized spacial score (nSPS) is 23.0. The largest absolute Gasteiger partial charge is 0.460 e. The number of aryl methyl sites for hydroxylation is 1. The van der Waals surface area contributed by atoms with Gasteiger partial charge in [0.25, 0.3) is 0 Å². The minimum Gasteiger partial charge on any atom is -0.460 e. The van der Waals surface area contributed by atoms with E-state index >= 15 is 0 Å². The third-order valence-electron chi connectivity index (χ3n) is 4.58. The number of nitrogens with one attached hydrogen (secondary N) is 2. The van der Waals surface area contributed by atoms with E-state index in [2.05, 4.69) is 31.7 Å². The van der Waals surface area contributed by atoms with Crippen LogP contribution in [0.4, 0.5) is 0 Å². The summed E-state index contributed by atoms with van der Waals surface area (Å²) in [4.78, 5) is 24.1. The maximum atomic E-state index is 12.1. The maximum Gasteiger partial charge on any atom is 0.312 e. The van der Waals surface area contributed by atoms with Crippen LogP contribution in [0, 0.1) is 5.41 Å². The maximum absolute atomic E-state index is 12.1. The van der Waals surface area contributed by atoms with Crippen LogP contribution in [-0.4, -0.2) is 47.4 Å². The van der Waals surface area contributed by atoms with Gasteiger partial charge in [-0.15, -0.1) is 0 Å². The first-order valence-electron chi connectivity index (χ1n) is 7.94. The Bertz CT molecular complexity index is 583. The predicted molar refractivity (Wildman–Crippen MR) is 86.6 cm³/mol. The van der Waals surface area contributed by atoms with Gasteiger partial charge in [0.05, 0.1) is 22.6 Å². The second kappa shape index (κ2) is 7.00. The van der Waals surface area contributed by atoms with Crippen LogP contribution in [0.2, 0.25) is 0 Å². The molecular weight excluding hydrogens is 364 g/mol. The van der Waals surface area contributed by atoms with E-state index in [1.165, 1.54) is 0 Å². The summed E-state index contributed by atoms with van der Waals surface area (Å²) in [5, 5.41) is 10.2. The van der Waals surface area contributed by atoms with Crippen molar-refractivity contribution in [2.45, 2.75) is 38.3 Å².